The lowest BCUT2D eigenvalue weighted by Crippen LogP contribution is -2.30. The molecular formula is C57H104O6. The third kappa shape index (κ3) is 50.5. The maximum absolute atomic E-state index is 12.8. The molecule has 0 aromatic carbocycles. The first-order chi connectivity index (χ1) is 31.0. The van der Waals surface area contributed by atoms with Crippen molar-refractivity contribution < 1.29 is 28.6 Å². The Balaban J connectivity index is 4.13. The van der Waals surface area contributed by atoms with Crippen LogP contribution in [0.5, 0.6) is 0 Å². The molecule has 0 bridgehead atoms. The first-order valence-corrected chi connectivity index (χ1v) is 27.5. The van der Waals surface area contributed by atoms with E-state index in [4.69, 9.17) is 14.2 Å². The lowest BCUT2D eigenvalue weighted by Gasteiger charge is -2.18. The highest BCUT2D eigenvalue weighted by Gasteiger charge is 2.19. The molecule has 0 fully saturated rings. The molecule has 0 aliphatic heterocycles. The third-order valence-corrected chi connectivity index (χ3v) is 12.1. The van der Waals surface area contributed by atoms with Gasteiger partial charge in [0, 0.05) is 19.3 Å². The summed E-state index contributed by atoms with van der Waals surface area (Å²) in [5, 5.41) is 0. The minimum Gasteiger partial charge on any atom is -0.462 e. The molecule has 368 valence electrons. The fraction of sp³-hybridized carbons (Fsp3) is 0.842. The number of ether oxygens (including phenoxy) is 3. The molecule has 0 N–H and O–H groups in total. The first-order valence-electron chi connectivity index (χ1n) is 27.5. The molecule has 0 saturated heterocycles. The van der Waals surface area contributed by atoms with Crippen LogP contribution in [0.25, 0.3) is 0 Å². The Morgan fingerprint density at radius 3 is 0.889 bits per heavy atom. The van der Waals surface area contributed by atoms with E-state index >= 15 is 0 Å². The predicted octanol–water partition coefficient (Wildman–Crippen LogP) is 18.1. The molecule has 0 rings (SSSR count). The van der Waals surface area contributed by atoms with Crippen molar-refractivity contribution in [2.75, 3.05) is 13.2 Å². The summed E-state index contributed by atoms with van der Waals surface area (Å²) in [6.07, 6.45) is 61.7. The number of carbonyl (C=O) groups is 3. The Morgan fingerprint density at radius 1 is 0.317 bits per heavy atom. The van der Waals surface area contributed by atoms with E-state index in [9.17, 15) is 14.4 Å². The Bertz CT molecular complexity index is 1060. The number of rotatable bonds is 50. The molecule has 0 radical (unpaired) electrons. The highest BCUT2D eigenvalue weighted by atomic mass is 16.6. The monoisotopic (exact) mass is 885 g/mol. The summed E-state index contributed by atoms with van der Waals surface area (Å²) in [5.74, 6) is -0.888. The van der Waals surface area contributed by atoms with E-state index in [0.717, 1.165) is 83.5 Å². The van der Waals surface area contributed by atoms with Gasteiger partial charge >= 0.3 is 17.9 Å². The fourth-order valence-electron chi connectivity index (χ4n) is 7.98. The van der Waals surface area contributed by atoms with E-state index in [-0.39, 0.29) is 31.1 Å². The standard InChI is InChI=1S/C57H104O6/c1-4-7-10-13-15-17-19-21-23-25-27-28-30-31-33-35-37-39-41-44-47-50-56(59)62-53-54(52-61-55(58)49-46-43-12-9-6-3)63-57(60)51-48-45-42-40-38-36-34-32-29-26-24-22-20-18-16-14-11-8-5-2/h19,21,25,27,30-31,54H,4-18,20,22-24,26,28-29,32-53H2,1-3H3/b21-19-,27-25-,31-30-. The van der Waals surface area contributed by atoms with Crippen molar-refractivity contribution in [3.63, 3.8) is 0 Å². The molecule has 6 heteroatoms. The van der Waals surface area contributed by atoms with Gasteiger partial charge in [0.1, 0.15) is 13.2 Å². The van der Waals surface area contributed by atoms with Gasteiger partial charge in [0.25, 0.3) is 0 Å². The van der Waals surface area contributed by atoms with Crippen molar-refractivity contribution in [3.05, 3.63) is 36.5 Å². The molecule has 0 aromatic heterocycles. The molecule has 1 atom stereocenters. The molecule has 0 aromatic rings. The molecule has 0 spiro atoms. The number of unbranched alkanes of at least 4 members (excludes halogenated alkanes) is 33. The normalized spacial score (nSPS) is 12.2. The molecule has 0 heterocycles. The van der Waals surface area contributed by atoms with Gasteiger partial charge < -0.3 is 14.2 Å². The third-order valence-electron chi connectivity index (χ3n) is 12.1. The fourth-order valence-corrected chi connectivity index (χ4v) is 7.98. The summed E-state index contributed by atoms with van der Waals surface area (Å²) in [7, 11) is 0. The molecule has 0 saturated carbocycles. The summed E-state index contributed by atoms with van der Waals surface area (Å²) >= 11 is 0. The van der Waals surface area contributed by atoms with E-state index in [1.165, 1.54) is 167 Å². The minimum atomic E-state index is -0.771. The van der Waals surface area contributed by atoms with Crippen LogP contribution in [0.1, 0.15) is 290 Å². The number of hydrogen-bond donors (Lipinski definition) is 0. The maximum Gasteiger partial charge on any atom is 0.306 e. The van der Waals surface area contributed by atoms with Crippen molar-refractivity contribution in [3.8, 4) is 0 Å². The Labute approximate surface area is 391 Å². The van der Waals surface area contributed by atoms with Crippen LogP contribution in [-0.4, -0.2) is 37.2 Å². The van der Waals surface area contributed by atoms with Gasteiger partial charge in [-0.2, -0.15) is 0 Å². The zero-order chi connectivity index (χ0) is 45.8. The van der Waals surface area contributed by atoms with Crippen molar-refractivity contribution in [1.29, 1.82) is 0 Å². The van der Waals surface area contributed by atoms with Crippen molar-refractivity contribution in [2.45, 2.75) is 297 Å². The van der Waals surface area contributed by atoms with Gasteiger partial charge in [0.15, 0.2) is 6.10 Å². The zero-order valence-electron chi connectivity index (χ0n) is 42.1. The molecule has 0 aliphatic carbocycles. The van der Waals surface area contributed by atoms with Crippen molar-refractivity contribution in [1.82, 2.24) is 0 Å². The molecular weight excluding hydrogens is 781 g/mol. The Kier molecular flexibility index (Phi) is 50.3. The second kappa shape index (κ2) is 52.3. The van der Waals surface area contributed by atoms with Gasteiger partial charge in [-0.05, 0) is 57.8 Å². The highest BCUT2D eigenvalue weighted by Crippen LogP contribution is 2.16. The zero-order valence-corrected chi connectivity index (χ0v) is 42.1. The van der Waals surface area contributed by atoms with Gasteiger partial charge in [-0.3, -0.25) is 14.4 Å². The predicted molar refractivity (Wildman–Crippen MR) is 270 cm³/mol. The second-order valence-electron chi connectivity index (χ2n) is 18.5. The number of hydrogen-bond acceptors (Lipinski definition) is 6. The highest BCUT2D eigenvalue weighted by molar-refractivity contribution is 5.71. The van der Waals surface area contributed by atoms with Crippen molar-refractivity contribution >= 4 is 17.9 Å². The molecule has 6 nitrogen and oxygen atoms in total. The molecule has 0 amide bonds. The van der Waals surface area contributed by atoms with Crippen LogP contribution in [0.3, 0.4) is 0 Å². The SMILES string of the molecule is CCCCCCC/C=C\C/C=C\C/C=C\CCCCCCCCC(=O)OCC(COC(=O)CCCCCCC)OC(=O)CCCCCCCCCCCCCCCCCCCCC. The lowest BCUT2D eigenvalue weighted by molar-refractivity contribution is -0.167. The Hall–Kier alpha value is -2.37. The molecule has 63 heavy (non-hydrogen) atoms. The number of esters is 3. The quantitative estimate of drug-likeness (QED) is 0.0262. The van der Waals surface area contributed by atoms with Crippen LogP contribution >= 0.6 is 0 Å². The van der Waals surface area contributed by atoms with Crippen LogP contribution in [0.2, 0.25) is 0 Å². The maximum atomic E-state index is 12.8. The topological polar surface area (TPSA) is 78.9 Å². The van der Waals surface area contributed by atoms with Gasteiger partial charge in [0.05, 0.1) is 0 Å². The van der Waals surface area contributed by atoms with Gasteiger partial charge in [-0.15, -0.1) is 0 Å². The van der Waals surface area contributed by atoms with Crippen LogP contribution in [0, 0.1) is 0 Å². The van der Waals surface area contributed by atoms with Gasteiger partial charge in [-0.25, -0.2) is 0 Å². The summed E-state index contributed by atoms with van der Waals surface area (Å²) in [4.78, 5) is 37.7. The first kappa shape index (κ1) is 60.6. The van der Waals surface area contributed by atoms with Crippen LogP contribution in [0.15, 0.2) is 36.5 Å². The molecule has 1 unspecified atom stereocenters. The number of carbonyl (C=O) groups excluding carboxylic acids is 3. The van der Waals surface area contributed by atoms with E-state index in [0.29, 0.717) is 19.3 Å². The second-order valence-corrected chi connectivity index (χ2v) is 18.5. The summed E-state index contributed by atoms with van der Waals surface area (Å²) in [6, 6.07) is 0. The summed E-state index contributed by atoms with van der Waals surface area (Å²) in [5.41, 5.74) is 0. The molecule has 0 aliphatic rings. The minimum absolute atomic E-state index is 0.0746. The van der Waals surface area contributed by atoms with Crippen molar-refractivity contribution in [2.24, 2.45) is 0 Å². The van der Waals surface area contributed by atoms with E-state index in [1.807, 2.05) is 0 Å². The Morgan fingerprint density at radius 2 is 0.571 bits per heavy atom. The largest absolute Gasteiger partial charge is 0.462 e. The van der Waals surface area contributed by atoms with E-state index in [2.05, 4.69) is 57.2 Å². The van der Waals surface area contributed by atoms with Gasteiger partial charge in [0.2, 0.25) is 0 Å². The van der Waals surface area contributed by atoms with Crippen LogP contribution in [0.4, 0.5) is 0 Å². The van der Waals surface area contributed by atoms with Crippen LogP contribution in [-0.2, 0) is 28.6 Å². The van der Waals surface area contributed by atoms with Gasteiger partial charge in [-0.1, -0.05) is 250 Å². The number of allylic oxidation sites excluding steroid dienone is 6. The smallest absolute Gasteiger partial charge is 0.306 e. The average Bonchev–Trinajstić information content (AvgIpc) is 3.28. The van der Waals surface area contributed by atoms with E-state index in [1.54, 1.807) is 0 Å². The summed E-state index contributed by atoms with van der Waals surface area (Å²) in [6.45, 7) is 6.57. The lowest BCUT2D eigenvalue weighted by atomic mass is 10.0. The van der Waals surface area contributed by atoms with E-state index < -0.39 is 6.10 Å². The summed E-state index contributed by atoms with van der Waals surface area (Å²) < 4.78 is 16.7. The average molecular weight is 885 g/mol. The van der Waals surface area contributed by atoms with Crippen LogP contribution < -0.4 is 0 Å².